The van der Waals surface area contributed by atoms with Crippen LogP contribution >= 0.6 is 15.9 Å². The predicted octanol–water partition coefficient (Wildman–Crippen LogP) is 2.79. The second kappa shape index (κ2) is 4.33. The van der Waals surface area contributed by atoms with E-state index in [1.165, 1.54) is 0 Å². The Kier molecular flexibility index (Phi) is 3.16. The van der Waals surface area contributed by atoms with Gasteiger partial charge in [0.25, 0.3) is 0 Å². The Labute approximate surface area is 109 Å². The van der Waals surface area contributed by atoms with Crippen molar-refractivity contribution in [3.8, 4) is 0 Å². The molecule has 1 amide bonds. The van der Waals surface area contributed by atoms with Gasteiger partial charge in [0.15, 0.2) is 5.82 Å². The second-order valence-corrected chi connectivity index (χ2v) is 5.88. The van der Waals surface area contributed by atoms with Crippen LogP contribution in [0.5, 0.6) is 0 Å². The molecule has 1 aliphatic heterocycles. The zero-order valence-electron chi connectivity index (χ0n) is 10.2. The minimum atomic E-state index is -0.480. The third-order valence-corrected chi connectivity index (χ3v) is 2.95. The number of carbonyl (C=O) groups excluding carboxylic acids is 1. The van der Waals surface area contributed by atoms with Crippen LogP contribution in [0.3, 0.4) is 0 Å². The maximum atomic E-state index is 12.1. The first-order chi connectivity index (χ1) is 7.88. The molecule has 0 fully saturated rings. The average Bonchev–Trinajstić information content (AvgIpc) is 2.58. The van der Waals surface area contributed by atoms with Gasteiger partial charge in [-0.25, -0.2) is 9.48 Å². The van der Waals surface area contributed by atoms with Gasteiger partial charge in [0.2, 0.25) is 0 Å². The van der Waals surface area contributed by atoms with Crippen LogP contribution < -0.4 is 4.90 Å². The topological polar surface area (TPSA) is 47.4 Å². The van der Waals surface area contributed by atoms with E-state index in [4.69, 9.17) is 4.74 Å². The lowest BCUT2D eigenvalue weighted by molar-refractivity contribution is 0.0572. The van der Waals surface area contributed by atoms with E-state index < -0.39 is 5.60 Å². The summed E-state index contributed by atoms with van der Waals surface area (Å²) in [5.41, 5.74) is -0.480. The number of nitrogens with zero attached hydrogens (tertiary/aromatic N) is 3. The average molecular weight is 302 g/mol. The molecule has 1 aromatic rings. The molecule has 0 N–H and O–H groups in total. The number of anilines is 1. The van der Waals surface area contributed by atoms with Crippen LogP contribution in [0, 0.1) is 0 Å². The van der Waals surface area contributed by atoms with Gasteiger partial charge in [-0.3, -0.25) is 4.90 Å². The predicted molar refractivity (Wildman–Crippen MR) is 68.1 cm³/mol. The van der Waals surface area contributed by atoms with E-state index in [9.17, 15) is 4.79 Å². The summed E-state index contributed by atoms with van der Waals surface area (Å²) in [6.07, 6.45) is 2.28. The normalized spacial score (nSPS) is 15.6. The molecule has 0 unspecified atom stereocenters. The monoisotopic (exact) mass is 301 g/mol. The van der Waals surface area contributed by atoms with E-state index >= 15 is 0 Å². The molecule has 0 atom stereocenters. The maximum Gasteiger partial charge on any atom is 0.416 e. The lowest BCUT2D eigenvalue weighted by atomic mass is 10.2. The van der Waals surface area contributed by atoms with E-state index in [1.807, 2.05) is 25.5 Å². The lowest BCUT2D eigenvalue weighted by Crippen LogP contribution is -2.41. The van der Waals surface area contributed by atoms with Crippen LogP contribution in [0.15, 0.2) is 10.7 Å². The van der Waals surface area contributed by atoms with Gasteiger partial charge in [-0.2, -0.15) is 5.10 Å². The van der Waals surface area contributed by atoms with Crippen molar-refractivity contribution >= 4 is 27.8 Å². The summed E-state index contributed by atoms with van der Waals surface area (Å²) in [7, 11) is 0. The summed E-state index contributed by atoms with van der Waals surface area (Å²) in [6, 6.07) is 0. The van der Waals surface area contributed by atoms with Crippen LogP contribution in [0.2, 0.25) is 0 Å². The first-order valence-corrected chi connectivity index (χ1v) is 6.39. The Morgan fingerprint density at radius 2 is 2.18 bits per heavy atom. The number of hydrogen-bond acceptors (Lipinski definition) is 3. The molecule has 0 bridgehead atoms. The van der Waals surface area contributed by atoms with Gasteiger partial charge < -0.3 is 4.74 Å². The van der Waals surface area contributed by atoms with Crippen LogP contribution in [0.1, 0.15) is 27.2 Å². The van der Waals surface area contributed by atoms with Crippen LogP contribution in [0.25, 0.3) is 0 Å². The molecule has 0 saturated carbocycles. The molecule has 0 saturated heterocycles. The van der Waals surface area contributed by atoms with Gasteiger partial charge in [-0.1, -0.05) is 0 Å². The van der Waals surface area contributed by atoms with Gasteiger partial charge >= 0.3 is 6.09 Å². The molecule has 2 heterocycles. The number of halogens is 1. The fourth-order valence-electron chi connectivity index (χ4n) is 1.77. The van der Waals surface area contributed by atoms with E-state index in [2.05, 4.69) is 21.0 Å². The van der Waals surface area contributed by atoms with Crippen molar-refractivity contribution in [2.75, 3.05) is 11.4 Å². The Hall–Kier alpha value is -1.04. The van der Waals surface area contributed by atoms with Crippen LogP contribution in [-0.2, 0) is 11.3 Å². The molecule has 6 heteroatoms. The number of ether oxygens (including phenoxy) is 1. The maximum absolute atomic E-state index is 12.1. The Balaban J connectivity index is 2.24. The van der Waals surface area contributed by atoms with Gasteiger partial charge in [0.1, 0.15) is 5.60 Å². The highest BCUT2D eigenvalue weighted by atomic mass is 79.9. The zero-order chi connectivity index (χ0) is 12.6. The van der Waals surface area contributed by atoms with Crippen molar-refractivity contribution in [3.05, 3.63) is 10.7 Å². The summed E-state index contributed by atoms with van der Waals surface area (Å²) in [5.74, 6) is 0.783. The molecular weight excluding hydrogens is 286 g/mol. The molecule has 1 aromatic heterocycles. The largest absolute Gasteiger partial charge is 0.443 e. The number of rotatable bonds is 0. The SMILES string of the molecule is CC(C)(C)OC(=O)N1CCCn2ncc(Br)c21. The fraction of sp³-hybridized carbons (Fsp3) is 0.636. The first-order valence-electron chi connectivity index (χ1n) is 5.60. The molecule has 2 rings (SSSR count). The van der Waals surface area contributed by atoms with Crippen LogP contribution in [0.4, 0.5) is 10.6 Å². The van der Waals surface area contributed by atoms with Crippen molar-refractivity contribution in [1.82, 2.24) is 9.78 Å². The number of hydrogen-bond donors (Lipinski definition) is 0. The standard InChI is InChI=1S/C11H16BrN3O2/c1-11(2,3)17-10(16)14-5-4-6-15-9(14)8(12)7-13-15/h7H,4-6H2,1-3H3. The Morgan fingerprint density at radius 1 is 1.47 bits per heavy atom. The summed E-state index contributed by atoms with van der Waals surface area (Å²) in [6.45, 7) is 7.09. The molecule has 0 radical (unpaired) electrons. The molecule has 0 aliphatic carbocycles. The van der Waals surface area contributed by atoms with Crippen molar-refractivity contribution < 1.29 is 9.53 Å². The highest BCUT2D eigenvalue weighted by Gasteiger charge is 2.29. The molecule has 0 spiro atoms. The van der Waals surface area contributed by atoms with Crippen molar-refractivity contribution in [1.29, 1.82) is 0 Å². The number of aromatic nitrogens is 2. The van der Waals surface area contributed by atoms with E-state index in [0.29, 0.717) is 6.54 Å². The second-order valence-electron chi connectivity index (χ2n) is 5.02. The lowest BCUT2D eigenvalue weighted by Gasteiger charge is -2.30. The summed E-state index contributed by atoms with van der Waals surface area (Å²) in [5, 5.41) is 4.21. The van der Waals surface area contributed by atoms with E-state index in [1.54, 1.807) is 11.1 Å². The highest BCUT2D eigenvalue weighted by molar-refractivity contribution is 9.10. The molecule has 17 heavy (non-hydrogen) atoms. The van der Waals surface area contributed by atoms with Crippen molar-refractivity contribution in [2.45, 2.75) is 39.3 Å². The third-order valence-electron chi connectivity index (χ3n) is 2.39. The van der Waals surface area contributed by atoms with E-state index in [0.717, 1.165) is 23.3 Å². The number of carbonyl (C=O) groups is 1. The van der Waals surface area contributed by atoms with Gasteiger partial charge in [0.05, 0.1) is 10.7 Å². The number of fused-ring (bicyclic) bond motifs is 1. The summed E-state index contributed by atoms with van der Waals surface area (Å²) >= 11 is 3.41. The van der Waals surface area contributed by atoms with E-state index in [-0.39, 0.29) is 6.09 Å². The van der Waals surface area contributed by atoms with Crippen molar-refractivity contribution in [2.24, 2.45) is 0 Å². The van der Waals surface area contributed by atoms with Gasteiger partial charge in [-0.05, 0) is 43.1 Å². The molecular formula is C11H16BrN3O2. The van der Waals surface area contributed by atoms with Crippen molar-refractivity contribution in [3.63, 3.8) is 0 Å². The zero-order valence-corrected chi connectivity index (χ0v) is 11.8. The quantitative estimate of drug-likeness (QED) is 0.740. The third kappa shape index (κ3) is 2.62. The fourth-order valence-corrected chi connectivity index (χ4v) is 2.28. The van der Waals surface area contributed by atoms with Gasteiger partial charge in [0, 0.05) is 13.1 Å². The minimum Gasteiger partial charge on any atom is -0.443 e. The van der Waals surface area contributed by atoms with Gasteiger partial charge in [-0.15, -0.1) is 0 Å². The summed E-state index contributed by atoms with van der Waals surface area (Å²) < 4.78 is 8.02. The molecule has 94 valence electrons. The molecule has 1 aliphatic rings. The Morgan fingerprint density at radius 3 is 2.82 bits per heavy atom. The number of aryl methyl sites for hydroxylation is 1. The highest BCUT2D eigenvalue weighted by Crippen LogP contribution is 2.30. The van der Waals surface area contributed by atoms with Crippen LogP contribution in [-0.4, -0.2) is 28.0 Å². The minimum absolute atomic E-state index is 0.320. The smallest absolute Gasteiger partial charge is 0.416 e. The molecule has 0 aromatic carbocycles. The molecule has 5 nitrogen and oxygen atoms in total. The Bertz CT molecular complexity index is 436. The summed E-state index contributed by atoms with van der Waals surface area (Å²) in [4.78, 5) is 13.7. The number of amides is 1. The first kappa shape index (κ1) is 12.4.